The maximum absolute atomic E-state index is 8.75. The van der Waals surface area contributed by atoms with Crippen LogP contribution < -0.4 is 5.32 Å². The number of hydrogen-bond acceptors (Lipinski definition) is 4. The molecular formula is C11H25N3O. The lowest BCUT2D eigenvalue weighted by molar-refractivity contribution is 0.0678. The standard InChI is InChI=1S/C11H25N3O/c1-12-4-6-13(2)5-3-11-9-14(10-11)7-8-15/h11-12,15H,3-10H2,1-2H3. The summed E-state index contributed by atoms with van der Waals surface area (Å²) < 4.78 is 0. The minimum Gasteiger partial charge on any atom is -0.395 e. The van der Waals surface area contributed by atoms with Crippen LogP contribution in [0.2, 0.25) is 0 Å². The summed E-state index contributed by atoms with van der Waals surface area (Å²) in [4.78, 5) is 4.70. The van der Waals surface area contributed by atoms with Crippen LogP contribution in [-0.2, 0) is 0 Å². The molecule has 4 heteroatoms. The molecule has 1 fully saturated rings. The molecule has 0 radical (unpaired) electrons. The van der Waals surface area contributed by atoms with Gasteiger partial charge in [-0.25, -0.2) is 0 Å². The van der Waals surface area contributed by atoms with Gasteiger partial charge < -0.3 is 20.2 Å². The molecule has 0 aromatic heterocycles. The van der Waals surface area contributed by atoms with E-state index >= 15 is 0 Å². The van der Waals surface area contributed by atoms with Gasteiger partial charge in [0.1, 0.15) is 0 Å². The van der Waals surface area contributed by atoms with Crippen LogP contribution in [0.25, 0.3) is 0 Å². The fourth-order valence-electron chi connectivity index (χ4n) is 2.00. The Balaban J connectivity index is 1.93. The predicted molar refractivity (Wildman–Crippen MR) is 63.1 cm³/mol. The molecular weight excluding hydrogens is 190 g/mol. The van der Waals surface area contributed by atoms with Gasteiger partial charge in [0.05, 0.1) is 6.61 Å². The van der Waals surface area contributed by atoms with Crippen molar-refractivity contribution in [3.05, 3.63) is 0 Å². The molecule has 0 spiro atoms. The number of rotatable bonds is 8. The van der Waals surface area contributed by atoms with Gasteiger partial charge in [0, 0.05) is 32.7 Å². The van der Waals surface area contributed by atoms with E-state index in [9.17, 15) is 0 Å². The van der Waals surface area contributed by atoms with E-state index in [0.29, 0.717) is 6.61 Å². The molecule has 1 saturated heterocycles. The van der Waals surface area contributed by atoms with E-state index in [4.69, 9.17) is 5.11 Å². The third kappa shape index (κ3) is 4.93. The Morgan fingerprint density at radius 2 is 2.13 bits per heavy atom. The third-order valence-electron chi connectivity index (χ3n) is 3.11. The fraction of sp³-hybridized carbons (Fsp3) is 1.00. The van der Waals surface area contributed by atoms with Gasteiger partial charge in [0.25, 0.3) is 0 Å². The Morgan fingerprint density at radius 1 is 1.40 bits per heavy atom. The molecule has 1 rings (SSSR count). The van der Waals surface area contributed by atoms with E-state index in [1.165, 1.54) is 26.1 Å². The second-order valence-electron chi connectivity index (χ2n) is 4.54. The molecule has 1 aliphatic heterocycles. The van der Waals surface area contributed by atoms with Crippen LogP contribution in [0.3, 0.4) is 0 Å². The van der Waals surface area contributed by atoms with E-state index in [1.54, 1.807) is 0 Å². The first-order valence-corrected chi connectivity index (χ1v) is 5.92. The summed E-state index contributed by atoms with van der Waals surface area (Å²) >= 11 is 0. The molecule has 0 aromatic carbocycles. The van der Waals surface area contributed by atoms with E-state index in [0.717, 1.165) is 25.6 Å². The lowest BCUT2D eigenvalue weighted by Gasteiger charge is -2.39. The summed E-state index contributed by atoms with van der Waals surface area (Å²) in [6.07, 6.45) is 1.29. The van der Waals surface area contributed by atoms with Crippen LogP contribution in [-0.4, -0.2) is 74.9 Å². The highest BCUT2D eigenvalue weighted by molar-refractivity contribution is 4.79. The topological polar surface area (TPSA) is 38.7 Å². The second kappa shape index (κ2) is 7.17. The first kappa shape index (κ1) is 12.9. The van der Waals surface area contributed by atoms with Gasteiger partial charge in [-0.2, -0.15) is 0 Å². The number of nitrogens with one attached hydrogen (secondary N) is 1. The molecule has 0 bridgehead atoms. The summed E-state index contributed by atoms with van der Waals surface area (Å²) in [5.74, 6) is 0.855. The largest absolute Gasteiger partial charge is 0.395 e. The minimum atomic E-state index is 0.300. The Kier molecular flexibility index (Phi) is 6.17. The molecule has 0 saturated carbocycles. The van der Waals surface area contributed by atoms with E-state index in [1.807, 2.05) is 7.05 Å². The Labute approximate surface area is 93.2 Å². The maximum atomic E-state index is 8.75. The van der Waals surface area contributed by atoms with Crippen LogP contribution in [0, 0.1) is 5.92 Å². The number of likely N-dealkylation sites (tertiary alicyclic amines) is 1. The van der Waals surface area contributed by atoms with E-state index in [2.05, 4.69) is 22.2 Å². The molecule has 15 heavy (non-hydrogen) atoms. The SMILES string of the molecule is CNCCN(C)CCC1CN(CCO)C1. The van der Waals surface area contributed by atoms with Crippen molar-refractivity contribution in [2.75, 3.05) is 60.0 Å². The minimum absolute atomic E-state index is 0.300. The zero-order valence-corrected chi connectivity index (χ0v) is 10.1. The molecule has 1 aliphatic rings. The number of aliphatic hydroxyl groups excluding tert-OH is 1. The summed E-state index contributed by atoms with van der Waals surface area (Å²) in [5, 5.41) is 11.9. The van der Waals surface area contributed by atoms with Crippen molar-refractivity contribution >= 4 is 0 Å². The highest BCUT2D eigenvalue weighted by Crippen LogP contribution is 2.18. The molecule has 2 N–H and O–H groups in total. The van der Waals surface area contributed by atoms with Gasteiger partial charge >= 0.3 is 0 Å². The van der Waals surface area contributed by atoms with Crippen molar-refractivity contribution < 1.29 is 5.11 Å². The molecule has 0 amide bonds. The zero-order chi connectivity index (χ0) is 11.1. The maximum Gasteiger partial charge on any atom is 0.0558 e. The molecule has 90 valence electrons. The van der Waals surface area contributed by atoms with E-state index < -0.39 is 0 Å². The van der Waals surface area contributed by atoms with Crippen LogP contribution in [0.5, 0.6) is 0 Å². The number of hydrogen-bond donors (Lipinski definition) is 2. The molecule has 0 unspecified atom stereocenters. The smallest absolute Gasteiger partial charge is 0.0558 e. The lowest BCUT2D eigenvalue weighted by Crippen LogP contribution is -2.48. The quantitative estimate of drug-likeness (QED) is 0.570. The summed E-state index contributed by atoms with van der Waals surface area (Å²) in [6, 6.07) is 0. The Hall–Kier alpha value is -0.160. The average molecular weight is 215 g/mol. The van der Waals surface area contributed by atoms with Crippen molar-refractivity contribution in [3.63, 3.8) is 0 Å². The Bertz CT molecular complexity index is 160. The number of nitrogens with zero attached hydrogens (tertiary/aromatic N) is 2. The van der Waals surface area contributed by atoms with Crippen molar-refractivity contribution in [2.24, 2.45) is 5.92 Å². The van der Waals surface area contributed by atoms with E-state index in [-0.39, 0.29) is 0 Å². The third-order valence-corrected chi connectivity index (χ3v) is 3.11. The number of aliphatic hydroxyl groups is 1. The summed E-state index contributed by atoms with van der Waals surface area (Å²) in [5.41, 5.74) is 0. The average Bonchev–Trinajstić information content (AvgIpc) is 2.18. The van der Waals surface area contributed by atoms with Gasteiger partial charge in [0.2, 0.25) is 0 Å². The number of β-amino-alcohol motifs (C(OH)–C–C–N with tert-alkyl or cyclic N) is 1. The van der Waals surface area contributed by atoms with Crippen molar-refractivity contribution in [1.29, 1.82) is 0 Å². The highest BCUT2D eigenvalue weighted by atomic mass is 16.3. The van der Waals surface area contributed by atoms with Gasteiger partial charge in [0.15, 0.2) is 0 Å². The first-order chi connectivity index (χ1) is 7.26. The van der Waals surface area contributed by atoms with Crippen LogP contribution in [0.4, 0.5) is 0 Å². The lowest BCUT2D eigenvalue weighted by atomic mass is 9.96. The summed E-state index contributed by atoms with van der Waals surface area (Å²) in [7, 11) is 4.17. The molecule has 0 aromatic rings. The van der Waals surface area contributed by atoms with Gasteiger partial charge in [-0.05, 0) is 33.0 Å². The fourth-order valence-corrected chi connectivity index (χ4v) is 2.00. The predicted octanol–water partition coefficient (Wildman–Crippen LogP) is -0.548. The van der Waals surface area contributed by atoms with Gasteiger partial charge in [-0.3, -0.25) is 0 Å². The zero-order valence-electron chi connectivity index (χ0n) is 10.1. The van der Waals surface area contributed by atoms with Gasteiger partial charge in [-0.15, -0.1) is 0 Å². The van der Waals surface area contributed by atoms with Crippen molar-refractivity contribution in [2.45, 2.75) is 6.42 Å². The first-order valence-electron chi connectivity index (χ1n) is 5.92. The molecule has 1 heterocycles. The van der Waals surface area contributed by atoms with Crippen LogP contribution in [0.1, 0.15) is 6.42 Å². The summed E-state index contributed by atoms with van der Waals surface area (Å²) in [6.45, 7) is 6.91. The molecule has 0 aliphatic carbocycles. The monoisotopic (exact) mass is 215 g/mol. The van der Waals surface area contributed by atoms with Crippen LogP contribution in [0.15, 0.2) is 0 Å². The second-order valence-corrected chi connectivity index (χ2v) is 4.54. The molecule has 4 nitrogen and oxygen atoms in total. The van der Waals surface area contributed by atoms with Crippen LogP contribution >= 0.6 is 0 Å². The normalized spacial score (nSPS) is 18.4. The molecule has 0 atom stereocenters. The Morgan fingerprint density at radius 3 is 2.73 bits per heavy atom. The van der Waals surface area contributed by atoms with Gasteiger partial charge in [-0.1, -0.05) is 0 Å². The van der Waals surface area contributed by atoms with Crippen molar-refractivity contribution in [3.8, 4) is 0 Å². The van der Waals surface area contributed by atoms with Crippen molar-refractivity contribution in [1.82, 2.24) is 15.1 Å². The number of likely N-dealkylation sites (N-methyl/N-ethyl adjacent to an activating group) is 2. The highest BCUT2D eigenvalue weighted by Gasteiger charge is 2.25.